The van der Waals surface area contributed by atoms with E-state index in [0.717, 1.165) is 11.8 Å². The van der Waals surface area contributed by atoms with E-state index in [2.05, 4.69) is 19.1 Å². The van der Waals surface area contributed by atoms with E-state index < -0.39 is 0 Å². The Labute approximate surface area is 102 Å². The maximum atomic E-state index is 11.3. The Hall–Kier alpha value is -1.89. The fraction of sp³-hybridized carbons (Fsp3) is 0.188. The fourth-order valence-corrected chi connectivity index (χ4v) is 2.12. The second kappa shape index (κ2) is 5.44. The lowest BCUT2D eigenvalue weighted by Crippen LogP contribution is -2.09. The molecule has 0 fully saturated rings. The zero-order chi connectivity index (χ0) is 12.1. The van der Waals surface area contributed by atoms with E-state index in [0.29, 0.717) is 0 Å². The highest BCUT2D eigenvalue weighted by Crippen LogP contribution is 2.30. The van der Waals surface area contributed by atoms with Crippen LogP contribution in [0.5, 0.6) is 0 Å². The van der Waals surface area contributed by atoms with E-state index in [4.69, 9.17) is 0 Å². The van der Waals surface area contributed by atoms with Gasteiger partial charge < -0.3 is 4.79 Å². The van der Waals surface area contributed by atoms with Crippen molar-refractivity contribution >= 4 is 6.29 Å². The van der Waals surface area contributed by atoms with Gasteiger partial charge in [-0.2, -0.15) is 0 Å². The molecule has 0 unspecified atom stereocenters. The average Bonchev–Trinajstić information content (AvgIpc) is 2.42. The van der Waals surface area contributed by atoms with Crippen LogP contribution in [0.2, 0.25) is 0 Å². The first-order valence-corrected chi connectivity index (χ1v) is 5.88. The third-order valence-electron chi connectivity index (χ3n) is 3.20. The summed E-state index contributed by atoms with van der Waals surface area (Å²) in [7, 11) is 0. The highest BCUT2D eigenvalue weighted by Gasteiger charge is 2.19. The Bertz CT molecular complexity index is 461. The van der Waals surface area contributed by atoms with Gasteiger partial charge in [-0.3, -0.25) is 0 Å². The van der Waals surface area contributed by atoms with E-state index in [1.54, 1.807) is 0 Å². The SMILES string of the molecule is C[C@@H](c1ccccc1)[C@H](C=O)c1ccccc1. The van der Waals surface area contributed by atoms with Crippen LogP contribution in [-0.4, -0.2) is 6.29 Å². The predicted molar refractivity (Wildman–Crippen MR) is 70.1 cm³/mol. The maximum absolute atomic E-state index is 11.3. The molecule has 0 amide bonds. The minimum atomic E-state index is -0.0707. The Morgan fingerprint density at radius 3 is 1.76 bits per heavy atom. The van der Waals surface area contributed by atoms with E-state index in [1.807, 2.05) is 48.5 Å². The van der Waals surface area contributed by atoms with Gasteiger partial charge in [-0.1, -0.05) is 67.6 Å². The molecular weight excluding hydrogens is 208 g/mol. The molecule has 17 heavy (non-hydrogen) atoms. The molecule has 86 valence electrons. The summed E-state index contributed by atoms with van der Waals surface area (Å²) in [6, 6.07) is 20.1. The summed E-state index contributed by atoms with van der Waals surface area (Å²) in [5.41, 5.74) is 2.28. The van der Waals surface area contributed by atoms with E-state index >= 15 is 0 Å². The van der Waals surface area contributed by atoms with Crippen molar-refractivity contribution in [2.75, 3.05) is 0 Å². The first-order valence-electron chi connectivity index (χ1n) is 5.88. The van der Waals surface area contributed by atoms with Gasteiger partial charge in [-0.15, -0.1) is 0 Å². The van der Waals surface area contributed by atoms with Crippen LogP contribution in [0.4, 0.5) is 0 Å². The molecule has 0 aliphatic rings. The van der Waals surface area contributed by atoms with E-state index in [1.165, 1.54) is 5.56 Å². The Morgan fingerprint density at radius 2 is 1.29 bits per heavy atom. The topological polar surface area (TPSA) is 17.1 Å². The van der Waals surface area contributed by atoms with Gasteiger partial charge in [-0.05, 0) is 17.0 Å². The number of hydrogen-bond acceptors (Lipinski definition) is 1. The minimum absolute atomic E-state index is 0.0707. The Kier molecular flexibility index (Phi) is 3.71. The molecule has 2 aromatic rings. The normalized spacial score (nSPS) is 13.9. The monoisotopic (exact) mass is 224 g/mol. The van der Waals surface area contributed by atoms with Crippen LogP contribution in [0.15, 0.2) is 60.7 Å². The summed E-state index contributed by atoms with van der Waals surface area (Å²) in [5, 5.41) is 0. The summed E-state index contributed by atoms with van der Waals surface area (Å²) in [5.74, 6) is 0.134. The summed E-state index contributed by atoms with van der Waals surface area (Å²) in [6.45, 7) is 2.10. The lowest BCUT2D eigenvalue weighted by Gasteiger charge is -2.19. The van der Waals surface area contributed by atoms with Crippen molar-refractivity contribution in [3.05, 3.63) is 71.8 Å². The Balaban J connectivity index is 2.28. The van der Waals surface area contributed by atoms with Gasteiger partial charge in [0, 0.05) is 5.92 Å². The molecule has 0 aliphatic heterocycles. The van der Waals surface area contributed by atoms with Crippen LogP contribution in [0, 0.1) is 0 Å². The van der Waals surface area contributed by atoms with Crippen LogP contribution in [0.25, 0.3) is 0 Å². The number of hydrogen-bond donors (Lipinski definition) is 0. The van der Waals surface area contributed by atoms with E-state index in [9.17, 15) is 4.79 Å². The highest BCUT2D eigenvalue weighted by atomic mass is 16.1. The van der Waals surface area contributed by atoms with Gasteiger partial charge in [0.1, 0.15) is 6.29 Å². The molecule has 0 N–H and O–H groups in total. The zero-order valence-electron chi connectivity index (χ0n) is 9.91. The molecule has 0 heterocycles. The highest BCUT2D eigenvalue weighted by molar-refractivity contribution is 5.64. The first kappa shape index (κ1) is 11.6. The molecule has 0 aliphatic carbocycles. The van der Waals surface area contributed by atoms with Crippen molar-refractivity contribution in [1.29, 1.82) is 0 Å². The van der Waals surface area contributed by atoms with Crippen molar-refractivity contribution in [2.24, 2.45) is 0 Å². The lowest BCUT2D eigenvalue weighted by molar-refractivity contribution is -0.109. The van der Waals surface area contributed by atoms with Gasteiger partial charge in [0.05, 0.1) is 0 Å². The standard InChI is InChI=1S/C16H16O/c1-13(14-8-4-2-5-9-14)16(12-17)15-10-6-3-7-11-15/h2-13,16H,1H3/t13-,16-/m0/s1. The lowest BCUT2D eigenvalue weighted by atomic mass is 9.84. The van der Waals surface area contributed by atoms with Crippen molar-refractivity contribution in [3.8, 4) is 0 Å². The van der Waals surface area contributed by atoms with Crippen LogP contribution >= 0.6 is 0 Å². The quantitative estimate of drug-likeness (QED) is 0.722. The van der Waals surface area contributed by atoms with Crippen LogP contribution < -0.4 is 0 Å². The smallest absolute Gasteiger partial charge is 0.128 e. The molecule has 0 radical (unpaired) electrons. The van der Waals surface area contributed by atoms with Gasteiger partial charge >= 0.3 is 0 Å². The molecule has 0 bridgehead atoms. The van der Waals surface area contributed by atoms with Crippen molar-refractivity contribution in [3.63, 3.8) is 0 Å². The summed E-state index contributed by atoms with van der Waals surface area (Å²) >= 11 is 0. The van der Waals surface area contributed by atoms with Crippen molar-refractivity contribution in [1.82, 2.24) is 0 Å². The van der Waals surface area contributed by atoms with Crippen LogP contribution in [0.1, 0.15) is 29.9 Å². The molecule has 2 atom stereocenters. The second-order valence-corrected chi connectivity index (χ2v) is 4.27. The molecule has 0 aromatic heterocycles. The summed E-state index contributed by atoms with van der Waals surface area (Å²) < 4.78 is 0. The van der Waals surface area contributed by atoms with Gasteiger partial charge in [0.15, 0.2) is 0 Å². The first-order chi connectivity index (χ1) is 8.33. The number of aldehydes is 1. The molecule has 2 rings (SSSR count). The number of carbonyl (C=O) groups is 1. The molecule has 1 heteroatoms. The third-order valence-corrected chi connectivity index (χ3v) is 3.20. The van der Waals surface area contributed by atoms with Gasteiger partial charge in [0.25, 0.3) is 0 Å². The number of rotatable bonds is 4. The molecule has 0 spiro atoms. The Morgan fingerprint density at radius 1 is 0.824 bits per heavy atom. The van der Waals surface area contributed by atoms with Crippen molar-refractivity contribution < 1.29 is 4.79 Å². The van der Waals surface area contributed by atoms with Crippen LogP contribution in [-0.2, 0) is 4.79 Å². The molecule has 0 saturated heterocycles. The molecular formula is C16H16O. The van der Waals surface area contributed by atoms with Crippen LogP contribution in [0.3, 0.4) is 0 Å². The number of carbonyl (C=O) groups excluding carboxylic acids is 1. The van der Waals surface area contributed by atoms with E-state index in [-0.39, 0.29) is 11.8 Å². The summed E-state index contributed by atoms with van der Waals surface area (Å²) in [6.07, 6.45) is 1.05. The second-order valence-electron chi connectivity index (χ2n) is 4.27. The molecule has 1 nitrogen and oxygen atoms in total. The average molecular weight is 224 g/mol. The molecule has 0 saturated carbocycles. The molecule has 2 aromatic carbocycles. The third kappa shape index (κ3) is 2.62. The maximum Gasteiger partial charge on any atom is 0.128 e. The van der Waals surface area contributed by atoms with Crippen molar-refractivity contribution in [2.45, 2.75) is 18.8 Å². The number of benzene rings is 2. The van der Waals surface area contributed by atoms with Gasteiger partial charge in [0.2, 0.25) is 0 Å². The van der Waals surface area contributed by atoms with Gasteiger partial charge in [-0.25, -0.2) is 0 Å². The predicted octanol–water partition coefficient (Wildman–Crippen LogP) is 3.77. The largest absolute Gasteiger partial charge is 0.303 e. The fourth-order valence-electron chi connectivity index (χ4n) is 2.12. The summed E-state index contributed by atoms with van der Waals surface area (Å²) in [4.78, 5) is 11.3. The zero-order valence-corrected chi connectivity index (χ0v) is 9.91. The minimum Gasteiger partial charge on any atom is -0.303 e.